The van der Waals surface area contributed by atoms with Crippen molar-refractivity contribution in [3.8, 4) is 5.69 Å². The van der Waals surface area contributed by atoms with Gasteiger partial charge in [0.1, 0.15) is 0 Å². The van der Waals surface area contributed by atoms with E-state index < -0.39 is 0 Å². The molecule has 2 aromatic rings. The summed E-state index contributed by atoms with van der Waals surface area (Å²) in [6.07, 6.45) is 1.03. The number of tetrazole rings is 1. The highest BCUT2D eigenvalue weighted by atomic mass is 32.2. The lowest BCUT2D eigenvalue weighted by atomic mass is 10.1. The Morgan fingerprint density at radius 1 is 1.38 bits per heavy atom. The molecule has 3 rings (SSSR count). The first kappa shape index (κ1) is 14.5. The highest BCUT2D eigenvalue weighted by Crippen LogP contribution is 2.28. The minimum absolute atomic E-state index is 0.326. The third kappa shape index (κ3) is 3.42. The molecule has 6 nitrogen and oxygen atoms in total. The molecule has 21 heavy (non-hydrogen) atoms. The molecule has 1 aliphatic heterocycles. The monoisotopic (exact) mass is 305 g/mol. The first-order valence-electron chi connectivity index (χ1n) is 7.20. The first-order valence-corrected chi connectivity index (χ1v) is 8.08. The number of hydrogen-bond acceptors (Lipinski definition) is 6. The van der Waals surface area contributed by atoms with Crippen LogP contribution < -0.4 is 5.32 Å². The second-order valence-corrected chi connectivity index (χ2v) is 6.10. The number of nitrogens with one attached hydrogen (secondary N) is 1. The molecule has 0 bridgehead atoms. The summed E-state index contributed by atoms with van der Waals surface area (Å²) in [6.45, 7) is 4.64. The summed E-state index contributed by atoms with van der Waals surface area (Å²) >= 11 is 1.68. The van der Waals surface area contributed by atoms with Gasteiger partial charge in [-0.2, -0.15) is 4.68 Å². The van der Waals surface area contributed by atoms with Crippen molar-refractivity contribution in [3.05, 3.63) is 30.3 Å². The van der Waals surface area contributed by atoms with E-state index in [-0.39, 0.29) is 0 Å². The van der Waals surface area contributed by atoms with Crippen molar-refractivity contribution < 1.29 is 4.74 Å². The van der Waals surface area contributed by atoms with Crippen molar-refractivity contribution in [2.24, 2.45) is 0 Å². The van der Waals surface area contributed by atoms with Gasteiger partial charge in [0.05, 0.1) is 17.5 Å². The van der Waals surface area contributed by atoms with Crippen molar-refractivity contribution in [2.45, 2.75) is 29.8 Å². The summed E-state index contributed by atoms with van der Waals surface area (Å²) in [5, 5.41) is 16.7. The number of ether oxygens (including phenoxy) is 1. The van der Waals surface area contributed by atoms with Gasteiger partial charge in [-0.25, -0.2) is 0 Å². The van der Waals surface area contributed by atoms with Crippen LogP contribution >= 0.6 is 11.8 Å². The highest BCUT2D eigenvalue weighted by molar-refractivity contribution is 7.99. The zero-order chi connectivity index (χ0) is 14.5. The Labute approximate surface area is 128 Å². The second-order valence-electron chi connectivity index (χ2n) is 4.89. The van der Waals surface area contributed by atoms with E-state index in [4.69, 9.17) is 4.74 Å². The Morgan fingerprint density at radius 2 is 2.24 bits per heavy atom. The SMILES string of the molecule is CCNC1CCOCC1Sc1nnnn1-c1ccccc1. The molecule has 1 aromatic heterocycles. The quantitative estimate of drug-likeness (QED) is 0.903. The third-order valence-corrected chi connectivity index (χ3v) is 4.70. The number of rotatable bonds is 5. The average Bonchev–Trinajstić information content (AvgIpc) is 2.99. The molecule has 1 fully saturated rings. The fourth-order valence-electron chi connectivity index (χ4n) is 2.44. The van der Waals surface area contributed by atoms with Gasteiger partial charge in [-0.15, -0.1) is 5.10 Å². The van der Waals surface area contributed by atoms with Gasteiger partial charge in [-0.3, -0.25) is 0 Å². The smallest absolute Gasteiger partial charge is 0.214 e. The second kappa shape index (κ2) is 7.02. The maximum atomic E-state index is 5.61. The minimum Gasteiger partial charge on any atom is -0.380 e. The standard InChI is InChI=1S/C14H19N5OS/c1-2-15-12-8-9-20-10-13(12)21-14-16-17-18-19(14)11-6-4-3-5-7-11/h3-7,12-13,15H,2,8-10H2,1H3. The van der Waals surface area contributed by atoms with E-state index in [1.807, 2.05) is 30.3 Å². The molecular weight excluding hydrogens is 286 g/mol. The molecule has 7 heteroatoms. The maximum Gasteiger partial charge on any atom is 0.214 e. The lowest BCUT2D eigenvalue weighted by Gasteiger charge is -2.31. The topological polar surface area (TPSA) is 64.9 Å². The molecule has 112 valence electrons. The van der Waals surface area contributed by atoms with Crippen LogP contribution in [0.15, 0.2) is 35.5 Å². The van der Waals surface area contributed by atoms with Crippen LogP contribution in [0.2, 0.25) is 0 Å². The third-order valence-electron chi connectivity index (χ3n) is 3.47. The lowest BCUT2D eigenvalue weighted by molar-refractivity contribution is 0.0836. The van der Waals surface area contributed by atoms with E-state index in [9.17, 15) is 0 Å². The fourth-order valence-corrected chi connectivity index (χ4v) is 3.60. The van der Waals surface area contributed by atoms with Gasteiger partial charge in [0.15, 0.2) is 0 Å². The van der Waals surface area contributed by atoms with Crippen LogP contribution in [0.5, 0.6) is 0 Å². The Balaban J connectivity index is 1.77. The number of para-hydroxylation sites is 1. The van der Waals surface area contributed by atoms with Crippen molar-refractivity contribution in [3.63, 3.8) is 0 Å². The summed E-state index contributed by atoms with van der Waals surface area (Å²) in [5.41, 5.74) is 0.974. The molecule has 0 amide bonds. The van der Waals surface area contributed by atoms with Gasteiger partial charge in [0, 0.05) is 12.6 Å². The normalized spacial score (nSPS) is 22.3. The van der Waals surface area contributed by atoms with Crippen molar-refractivity contribution in [1.82, 2.24) is 25.5 Å². The van der Waals surface area contributed by atoms with Crippen LogP contribution in [-0.2, 0) is 4.74 Å². The molecule has 2 unspecified atom stereocenters. The number of benzene rings is 1. The lowest BCUT2D eigenvalue weighted by Crippen LogP contribution is -2.44. The van der Waals surface area contributed by atoms with Crippen LogP contribution in [0.25, 0.3) is 5.69 Å². The molecule has 1 aliphatic rings. The number of nitrogens with zero attached hydrogens (tertiary/aromatic N) is 4. The molecule has 0 saturated carbocycles. The van der Waals surface area contributed by atoms with Gasteiger partial charge in [0.25, 0.3) is 0 Å². The molecule has 1 N–H and O–H groups in total. The van der Waals surface area contributed by atoms with Crippen LogP contribution in [0.3, 0.4) is 0 Å². The summed E-state index contributed by atoms with van der Waals surface area (Å²) in [5.74, 6) is 0. The molecular formula is C14H19N5OS. The molecule has 0 spiro atoms. The van der Waals surface area contributed by atoms with Gasteiger partial charge >= 0.3 is 0 Å². The highest BCUT2D eigenvalue weighted by Gasteiger charge is 2.28. The van der Waals surface area contributed by atoms with E-state index in [2.05, 4.69) is 27.8 Å². The Bertz CT molecular complexity index is 560. The zero-order valence-electron chi connectivity index (χ0n) is 12.0. The summed E-state index contributed by atoms with van der Waals surface area (Å²) in [4.78, 5) is 0. The van der Waals surface area contributed by atoms with E-state index in [1.165, 1.54) is 0 Å². The molecule has 1 aromatic carbocycles. The number of thioether (sulfide) groups is 1. The number of hydrogen-bond donors (Lipinski definition) is 1. The zero-order valence-corrected chi connectivity index (χ0v) is 12.8. The van der Waals surface area contributed by atoms with Crippen LogP contribution in [0.1, 0.15) is 13.3 Å². The van der Waals surface area contributed by atoms with Gasteiger partial charge in [-0.1, -0.05) is 36.9 Å². The maximum absolute atomic E-state index is 5.61. The van der Waals surface area contributed by atoms with Crippen LogP contribution in [0.4, 0.5) is 0 Å². The van der Waals surface area contributed by atoms with E-state index in [1.54, 1.807) is 16.4 Å². The van der Waals surface area contributed by atoms with E-state index >= 15 is 0 Å². The largest absolute Gasteiger partial charge is 0.380 e. The Kier molecular flexibility index (Phi) is 4.84. The van der Waals surface area contributed by atoms with Crippen molar-refractivity contribution >= 4 is 11.8 Å². The average molecular weight is 305 g/mol. The van der Waals surface area contributed by atoms with Crippen LogP contribution in [0, 0.1) is 0 Å². The fraction of sp³-hybridized carbons (Fsp3) is 0.500. The predicted molar refractivity (Wildman–Crippen MR) is 81.7 cm³/mol. The Morgan fingerprint density at radius 3 is 3.05 bits per heavy atom. The minimum atomic E-state index is 0.326. The van der Waals surface area contributed by atoms with Crippen molar-refractivity contribution in [2.75, 3.05) is 19.8 Å². The van der Waals surface area contributed by atoms with E-state index in [0.717, 1.165) is 37.0 Å². The van der Waals surface area contributed by atoms with Crippen LogP contribution in [-0.4, -0.2) is 51.3 Å². The predicted octanol–water partition coefficient (Wildman–Crippen LogP) is 1.52. The summed E-state index contributed by atoms with van der Waals surface area (Å²) in [6, 6.07) is 10.4. The van der Waals surface area contributed by atoms with Gasteiger partial charge < -0.3 is 10.1 Å². The summed E-state index contributed by atoms with van der Waals surface area (Å²) < 4.78 is 7.39. The van der Waals surface area contributed by atoms with Gasteiger partial charge in [-0.05, 0) is 35.5 Å². The number of aromatic nitrogens is 4. The molecule has 2 heterocycles. The molecule has 2 atom stereocenters. The van der Waals surface area contributed by atoms with Crippen molar-refractivity contribution in [1.29, 1.82) is 0 Å². The molecule has 1 saturated heterocycles. The first-order chi connectivity index (χ1) is 10.4. The van der Waals surface area contributed by atoms with Gasteiger partial charge in [0.2, 0.25) is 5.16 Å². The molecule has 0 aliphatic carbocycles. The summed E-state index contributed by atoms with van der Waals surface area (Å²) in [7, 11) is 0. The Hall–Kier alpha value is -1.44. The van der Waals surface area contributed by atoms with E-state index in [0.29, 0.717) is 11.3 Å². The molecule has 0 radical (unpaired) electrons.